The molecule has 0 unspecified atom stereocenters. The van der Waals surface area contributed by atoms with Crippen molar-refractivity contribution < 1.29 is 13.9 Å². The van der Waals surface area contributed by atoms with Crippen molar-refractivity contribution in [3.05, 3.63) is 72.8 Å². The number of nitrogens with zero attached hydrogens (tertiary/aromatic N) is 4. The molecule has 3 aromatic heterocycles. The van der Waals surface area contributed by atoms with Crippen LogP contribution >= 0.6 is 0 Å². The van der Waals surface area contributed by atoms with Gasteiger partial charge in [0.05, 0.1) is 35.0 Å². The van der Waals surface area contributed by atoms with Gasteiger partial charge in [-0.3, -0.25) is 14.5 Å². The number of hydrogen-bond acceptors (Lipinski definition) is 6. The molecule has 0 atom stereocenters. The number of hydrogen-bond donors (Lipinski definition) is 2. The number of primary amides is 1. The van der Waals surface area contributed by atoms with Gasteiger partial charge in [-0.2, -0.15) is 5.10 Å². The molecule has 0 aliphatic heterocycles. The van der Waals surface area contributed by atoms with E-state index in [4.69, 9.17) is 21.3 Å². The summed E-state index contributed by atoms with van der Waals surface area (Å²) in [5, 5.41) is 6.14. The van der Waals surface area contributed by atoms with Crippen LogP contribution in [0.5, 0.6) is 11.6 Å². The largest absolute Gasteiger partial charge is 0.439 e. The van der Waals surface area contributed by atoms with Crippen LogP contribution in [0, 0.1) is 11.7 Å². The number of pyridine rings is 2. The molecule has 0 bridgehead atoms. The maximum Gasteiger partial charge on any atom is 0.220 e. The summed E-state index contributed by atoms with van der Waals surface area (Å²) in [6, 6.07) is 16.3. The average Bonchev–Trinajstić information content (AvgIpc) is 3.30. The number of ether oxygens (including phenoxy) is 1. The molecule has 1 amide bonds. The summed E-state index contributed by atoms with van der Waals surface area (Å²) in [7, 11) is 0. The molecule has 6 rings (SSSR count). The summed E-state index contributed by atoms with van der Waals surface area (Å²) in [6.07, 6.45) is 6.09. The molecule has 0 saturated heterocycles. The average molecular weight is 497 g/mol. The van der Waals surface area contributed by atoms with E-state index in [0.29, 0.717) is 52.2 Å². The molecule has 1 aliphatic rings. The van der Waals surface area contributed by atoms with E-state index in [0.717, 1.165) is 18.4 Å². The van der Waals surface area contributed by atoms with Crippen molar-refractivity contribution in [1.82, 2.24) is 19.7 Å². The number of nitrogens with two attached hydrogens (primary N) is 2. The van der Waals surface area contributed by atoms with E-state index >= 15 is 4.39 Å². The van der Waals surface area contributed by atoms with Crippen LogP contribution in [0.4, 0.5) is 10.1 Å². The quantitative estimate of drug-likeness (QED) is 0.337. The van der Waals surface area contributed by atoms with Crippen LogP contribution in [0.15, 0.2) is 67.0 Å². The van der Waals surface area contributed by atoms with Crippen LogP contribution in [0.2, 0.25) is 0 Å². The molecule has 1 fully saturated rings. The fourth-order valence-electron chi connectivity index (χ4n) is 5.17. The number of amides is 1. The Labute approximate surface area is 212 Å². The number of carbonyl (C=O) groups is 1. The lowest BCUT2D eigenvalue weighted by molar-refractivity contribution is -0.122. The van der Waals surface area contributed by atoms with Gasteiger partial charge in [0.1, 0.15) is 17.0 Å². The van der Waals surface area contributed by atoms with E-state index in [1.807, 2.05) is 41.1 Å². The maximum absolute atomic E-state index is 16.0. The second-order valence-corrected chi connectivity index (χ2v) is 9.39. The summed E-state index contributed by atoms with van der Waals surface area (Å²) in [5.41, 5.74) is 13.9. The zero-order valence-corrected chi connectivity index (χ0v) is 20.0. The van der Waals surface area contributed by atoms with E-state index in [2.05, 4.69) is 9.97 Å². The monoisotopic (exact) mass is 496 g/mol. The summed E-state index contributed by atoms with van der Waals surface area (Å²) >= 11 is 0. The third-order valence-electron chi connectivity index (χ3n) is 7.09. The fraction of sp³-hybridized carbons (Fsp3) is 0.214. The highest BCUT2D eigenvalue weighted by Gasteiger charge is 2.29. The van der Waals surface area contributed by atoms with Gasteiger partial charge in [-0.05, 0) is 49.9 Å². The molecule has 186 valence electrons. The highest BCUT2D eigenvalue weighted by atomic mass is 19.1. The Kier molecular flexibility index (Phi) is 5.67. The molecule has 1 aliphatic carbocycles. The molecular weight excluding hydrogens is 471 g/mol. The highest BCUT2D eigenvalue weighted by molar-refractivity contribution is 6.02. The first-order valence-electron chi connectivity index (χ1n) is 12.2. The normalized spacial score (nSPS) is 17.8. The lowest BCUT2D eigenvalue weighted by atomic mass is 9.85. The Hall–Kier alpha value is -4.53. The van der Waals surface area contributed by atoms with Gasteiger partial charge in [-0.1, -0.05) is 24.3 Å². The molecule has 0 spiro atoms. The third-order valence-corrected chi connectivity index (χ3v) is 7.09. The van der Waals surface area contributed by atoms with Crippen LogP contribution in [-0.4, -0.2) is 25.7 Å². The van der Waals surface area contributed by atoms with Crippen molar-refractivity contribution in [2.75, 3.05) is 5.73 Å². The molecule has 0 radical (unpaired) electrons. The lowest BCUT2D eigenvalue weighted by Gasteiger charge is -2.27. The summed E-state index contributed by atoms with van der Waals surface area (Å²) in [5.74, 6) is 0.00650. The minimum absolute atomic E-state index is 0.0305. The van der Waals surface area contributed by atoms with Gasteiger partial charge in [-0.15, -0.1) is 0 Å². The van der Waals surface area contributed by atoms with Crippen LogP contribution in [0.1, 0.15) is 31.7 Å². The van der Waals surface area contributed by atoms with Gasteiger partial charge in [0, 0.05) is 22.9 Å². The van der Waals surface area contributed by atoms with Crippen LogP contribution in [0.3, 0.4) is 0 Å². The maximum atomic E-state index is 16.0. The Morgan fingerprint density at radius 3 is 2.51 bits per heavy atom. The van der Waals surface area contributed by atoms with E-state index in [1.165, 1.54) is 0 Å². The Bertz CT molecular complexity index is 1630. The molecule has 9 heteroatoms. The first kappa shape index (κ1) is 22.9. The Morgan fingerprint density at radius 2 is 1.76 bits per heavy atom. The van der Waals surface area contributed by atoms with Crippen LogP contribution < -0.4 is 16.2 Å². The fourth-order valence-corrected chi connectivity index (χ4v) is 5.17. The first-order chi connectivity index (χ1) is 18.0. The second kappa shape index (κ2) is 9.16. The van der Waals surface area contributed by atoms with E-state index in [-0.39, 0.29) is 23.4 Å². The van der Waals surface area contributed by atoms with Gasteiger partial charge >= 0.3 is 0 Å². The second-order valence-electron chi connectivity index (χ2n) is 9.39. The molecule has 8 nitrogen and oxygen atoms in total. The number of nitrogen functional groups attached to an aromatic ring is 1. The molecule has 3 heterocycles. The summed E-state index contributed by atoms with van der Waals surface area (Å²) in [4.78, 5) is 20.4. The van der Waals surface area contributed by atoms with E-state index in [9.17, 15) is 4.79 Å². The minimum atomic E-state index is -0.504. The first-order valence-corrected chi connectivity index (χ1v) is 12.2. The molecule has 5 aromatic rings. The van der Waals surface area contributed by atoms with Crippen molar-refractivity contribution in [2.24, 2.45) is 11.7 Å². The number of benzene rings is 2. The van der Waals surface area contributed by atoms with Crippen molar-refractivity contribution >= 4 is 33.4 Å². The van der Waals surface area contributed by atoms with Crippen molar-refractivity contribution in [2.45, 2.75) is 31.7 Å². The molecule has 4 N–H and O–H groups in total. The predicted octanol–water partition coefficient (Wildman–Crippen LogP) is 5.38. The van der Waals surface area contributed by atoms with Crippen molar-refractivity contribution in [3.63, 3.8) is 0 Å². The molecule has 1 saturated carbocycles. The lowest BCUT2D eigenvalue weighted by Crippen LogP contribution is -2.28. The standard InChI is InChI=1S/C28H25FN6O2/c29-25-20(12-8-16-9-13-23(33-26(16)25)37-19-4-2-1-3-5-19)27-24-21(30)14-32-15-22(24)35(34-27)18-10-6-17(7-11-18)28(31)36/h1-5,8-9,12-15,17-18H,6-7,10-11,30H2,(H2,31,36). The topological polar surface area (TPSA) is 122 Å². The van der Waals surface area contributed by atoms with Gasteiger partial charge in [0.25, 0.3) is 0 Å². The number of rotatable bonds is 5. The summed E-state index contributed by atoms with van der Waals surface area (Å²) in [6.45, 7) is 0. The number of fused-ring (bicyclic) bond motifs is 2. The number of para-hydroxylation sites is 1. The van der Waals surface area contributed by atoms with Gasteiger partial charge in [-0.25, -0.2) is 9.37 Å². The van der Waals surface area contributed by atoms with Crippen molar-refractivity contribution in [1.29, 1.82) is 0 Å². The van der Waals surface area contributed by atoms with Gasteiger partial charge in [0.2, 0.25) is 11.8 Å². The Morgan fingerprint density at radius 1 is 1.00 bits per heavy atom. The smallest absolute Gasteiger partial charge is 0.220 e. The van der Waals surface area contributed by atoms with Gasteiger partial charge < -0.3 is 16.2 Å². The Balaban J connectivity index is 1.44. The minimum Gasteiger partial charge on any atom is -0.439 e. The van der Waals surface area contributed by atoms with Crippen LogP contribution in [0.25, 0.3) is 33.1 Å². The van der Waals surface area contributed by atoms with Gasteiger partial charge in [0.15, 0.2) is 5.82 Å². The van der Waals surface area contributed by atoms with Crippen molar-refractivity contribution in [3.8, 4) is 22.9 Å². The summed E-state index contributed by atoms with van der Waals surface area (Å²) < 4.78 is 23.7. The number of aromatic nitrogens is 4. The number of anilines is 1. The van der Waals surface area contributed by atoms with E-state index < -0.39 is 5.82 Å². The molecule has 37 heavy (non-hydrogen) atoms. The van der Waals surface area contributed by atoms with E-state index in [1.54, 1.807) is 30.6 Å². The number of carbonyl (C=O) groups excluding carboxylic acids is 1. The molecular formula is C28H25FN6O2. The predicted molar refractivity (Wildman–Crippen MR) is 139 cm³/mol. The SMILES string of the molecule is NC(=O)C1CCC(n2nc(-c3ccc4ccc(Oc5ccccc5)nc4c3F)c3c(N)cncc32)CC1. The third kappa shape index (κ3) is 4.12. The zero-order valence-electron chi connectivity index (χ0n) is 20.0. The number of halogens is 1. The molecule has 2 aromatic carbocycles. The highest BCUT2D eigenvalue weighted by Crippen LogP contribution is 2.40. The zero-order chi connectivity index (χ0) is 25.5. The van der Waals surface area contributed by atoms with Crippen LogP contribution in [-0.2, 0) is 4.79 Å².